The lowest BCUT2D eigenvalue weighted by atomic mass is 9.70. The van der Waals surface area contributed by atoms with Crippen LogP contribution in [0.1, 0.15) is 72.8 Å². The highest BCUT2D eigenvalue weighted by Crippen LogP contribution is 2.47. The molecule has 2 bridgehead atoms. The van der Waals surface area contributed by atoms with Crippen molar-refractivity contribution < 1.29 is 43.5 Å². The van der Waals surface area contributed by atoms with Crippen LogP contribution in [0.4, 0.5) is 0 Å². The maximum atomic E-state index is 14.4. The maximum Gasteiger partial charge on any atom is 0.331 e. The van der Waals surface area contributed by atoms with Crippen LogP contribution in [0.2, 0.25) is 5.02 Å². The van der Waals surface area contributed by atoms with Gasteiger partial charge in [0.1, 0.15) is 23.7 Å². The van der Waals surface area contributed by atoms with Gasteiger partial charge in [0.15, 0.2) is 11.9 Å². The van der Waals surface area contributed by atoms with Gasteiger partial charge in [0.2, 0.25) is 0 Å². The predicted molar refractivity (Wildman–Crippen MR) is 202 cm³/mol. The van der Waals surface area contributed by atoms with Gasteiger partial charge in [-0.15, -0.1) is 0 Å². The van der Waals surface area contributed by atoms with Crippen LogP contribution in [0.15, 0.2) is 89.6 Å². The third-order valence-corrected chi connectivity index (χ3v) is 11.9. The lowest BCUT2D eigenvalue weighted by Gasteiger charge is -2.48. The van der Waals surface area contributed by atoms with E-state index in [1.807, 2.05) is 38.1 Å². The molecule has 1 aromatic carbocycles. The summed E-state index contributed by atoms with van der Waals surface area (Å²) in [6, 6.07) is 7.12. The van der Waals surface area contributed by atoms with Crippen molar-refractivity contribution >= 4 is 29.6 Å². The molecule has 1 aliphatic carbocycles. The van der Waals surface area contributed by atoms with Crippen LogP contribution in [0.25, 0.3) is 6.08 Å². The Hall–Kier alpha value is -3.31. The normalized spacial score (nSPS) is 40.7. The molecule has 6 rings (SSSR count). The van der Waals surface area contributed by atoms with Crippen molar-refractivity contribution in [2.75, 3.05) is 6.61 Å². The summed E-state index contributed by atoms with van der Waals surface area (Å²) in [6.45, 7) is 12.0. The minimum atomic E-state index is -1.90. The number of benzene rings is 1. The van der Waals surface area contributed by atoms with Gasteiger partial charge in [0, 0.05) is 35.8 Å². The van der Waals surface area contributed by atoms with Crippen molar-refractivity contribution in [3.63, 3.8) is 0 Å². The summed E-state index contributed by atoms with van der Waals surface area (Å²) in [5.41, 5.74) is 0.539. The largest absolute Gasteiger partial charge is 0.462 e. The summed E-state index contributed by atoms with van der Waals surface area (Å²) in [5.74, 6) is -3.34. The Labute approximate surface area is 318 Å². The number of aliphatic hydroxyl groups excluding tert-OH is 1. The first-order valence-corrected chi connectivity index (χ1v) is 19.3. The molecule has 2 saturated heterocycles. The number of hydrogen-bond donors (Lipinski definition) is 2. The number of ether oxygens (including phenoxy) is 5. The lowest BCUT2D eigenvalue weighted by Crippen LogP contribution is -2.59. The van der Waals surface area contributed by atoms with Crippen molar-refractivity contribution in [2.45, 2.75) is 115 Å². The van der Waals surface area contributed by atoms with Gasteiger partial charge < -0.3 is 33.9 Å². The number of fused-ring (bicyclic) bond motifs is 2. The molecule has 1 spiro atoms. The standard InChI is InChI=1S/C43H53ClO9/c1-7-25(2)38-28(5)19-20-42(53-38)23-33-22-32(52-42)17-15-27(4)37(46)26(3)11-10-13-31-24-49-40-39(29(6)21-34(41(47)50-33)43(31,40)48)51-36(45)18-16-30-12-8-9-14-35(30)44/h8-16,18-21,25-26,28,32-34,37-40,46,48H,7,17,22-24H2,1-6H3/b11-10+,18-16+,27-15+,31-13+/t25-,26-,28-,32?,33?,34?,37-,38?,39+,40?,42+,43+/m0/s1. The average Bonchev–Trinajstić information content (AvgIpc) is 3.47. The van der Waals surface area contributed by atoms with Gasteiger partial charge in [0.05, 0.1) is 24.9 Å². The number of carbonyl (C=O) groups is 2. The van der Waals surface area contributed by atoms with Crippen molar-refractivity contribution in [1.29, 1.82) is 0 Å². The number of halogens is 1. The Balaban J connectivity index is 1.35. The van der Waals surface area contributed by atoms with Crippen molar-refractivity contribution in [1.82, 2.24) is 0 Å². The van der Waals surface area contributed by atoms with E-state index in [1.165, 1.54) is 6.08 Å². The molecule has 9 nitrogen and oxygen atoms in total. The van der Waals surface area contributed by atoms with Gasteiger partial charge in [-0.3, -0.25) is 4.79 Å². The van der Waals surface area contributed by atoms with Gasteiger partial charge in [-0.1, -0.05) is 100 Å². The van der Waals surface area contributed by atoms with Crippen LogP contribution in [0.3, 0.4) is 0 Å². The number of rotatable bonds is 5. The topological polar surface area (TPSA) is 121 Å². The van der Waals surface area contributed by atoms with Crippen molar-refractivity contribution in [2.24, 2.45) is 23.7 Å². The molecular formula is C43H53ClO9. The SMILES string of the molecule is CC[C@H](C)C1O[C@]2(C=C[C@@H]1C)CC1CC(C/C=C(\C)[C@@H](O)[C@@H](C)/C=C/C=C3\COC4[C@H](OC(=O)/C=C/c5ccccc5Cl)C(C)=CC(C(=O)O1)[C@]34O)O2. The molecule has 0 amide bonds. The first-order valence-electron chi connectivity index (χ1n) is 18.9. The van der Waals surface area contributed by atoms with Crippen LogP contribution < -0.4 is 0 Å². The smallest absolute Gasteiger partial charge is 0.331 e. The summed E-state index contributed by atoms with van der Waals surface area (Å²) >= 11 is 6.27. The van der Waals surface area contributed by atoms with Crippen LogP contribution in [0, 0.1) is 23.7 Å². The van der Waals surface area contributed by atoms with E-state index in [2.05, 4.69) is 26.8 Å². The fraction of sp³-hybridized carbons (Fsp3) is 0.535. The molecule has 2 fully saturated rings. The quantitative estimate of drug-likeness (QED) is 0.183. The second kappa shape index (κ2) is 16.2. The highest BCUT2D eigenvalue weighted by atomic mass is 35.5. The summed E-state index contributed by atoms with van der Waals surface area (Å²) in [5, 5.41) is 24.4. The van der Waals surface area contributed by atoms with E-state index in [9.17, 15) is 19.8 Å². The van der Waals surface area contributed by atoms with E-state index < -0.39 is 53.7 Å². The zero-order valence-electron chi connectivity index (χ0n) is 31.4. The first-order chi connectivity index (χ1) is 25.2. The van der Waals surface area contributed by atoms with E-state index in [4.69, 9.17) is 35.3 Å². The van der Waals surface area contributed by atoms with Gasteiger partial charge in [0.25, 0.3) is 0 Å². The predicted octanol–water partition coefficient (Wildman–Crippen LogP) is 7.22. The fourth-order valence-corrected chi connectivity index (χ4v) is 8.42. The number of aliphatic hydroxyl groups is 2. The van der Waals surface area contributed by atoms with Crippen molar-refractivity contribution in [3.05, 3.63) is 100 Å². The average molecular weight is 749 g/mol. The molecule has 1 aromatic rings. The molecule has 0 radical (unpaired) electrons. The summed E-state index contributed by atoms with van der Waals surface area (Å²) in [7, 11) is 0. The van der Waals surface area contributed by atoms with Crippen LogP contribution >= 0.6 is 11.6 Å². The molecular weight excluding hydrogens is 696 g/mol. The lowest BCUT2D eigenvalue weighted by molar-refractivity contribution is -0.300. The Bertz CT molecular complexity index is 1720. The van der Waals surface area contributed by atoms with Crippen LogP contribution in [-0.2, 0) is 33.3 Å². The summed E-state index contributed by atoms with van der Waals surface area (Å²) in [6.07, 6.45) is 14.1. The molecule has 0 saturated carbocycles. The zero-order valence-corrected chi connectivity index (χ0v) is 32.2. The molecule has 0 aromatic heterocycles. The van der Waals surface area contributed by atoms with Crippen LogP contribution in [-0.4, -0.2) is 76.8 Å². The summed E-state index contributed by atoms with van der Waals surface area (Å²) in [4.78, 5) is 27.6. The Kier molecular flexibility index (Phi) is 12.0. The van der Waals surface area contributed by atoms with E-state index in [0.717, 1.165) is 12.0 Å². The molecule has 5 unspecified atom stereocenters. The van der Waals surface area contributed by atoms with E-state index >= 15 is 0 Å². The third kappa shape index (κ3) is 8.21. The van der Waals surface area contributed by atoms with Gasteiger partial charge in [-0.2, -0.15) is 0 Å². The third-order valence-electron chi connectivity index (χ3n) is 11.6. The van der Waals surface area contributed by atoms with E-state index in [1.54, 1.807) is 49.4 Å². The molecule has 5 aliphatic rings. The minimum Gasteiger partial charge on any atom is -0.462 e. The molecule has 2 N–H and O–H groups in total. The Morgan fingerprint density at radius 1 is 1.11 bits per heavy atom. The highest BCUT2D eigenvalue weighted by molar-refractivity contribution is 6.32. The van der Waals surface area contributed by atoms with Gasteiger partial charge in [-0.05, 0) is 66.7 Å². The second-order valence-corrected chi connectivity index (χ2v) is 15.9. The monoisotopic (exact) mass is 748 g/mol. The number of esters is 2. The summed E-state index contributed by atoms with van der Waals surface area (Å²) < 4.78 is 31.9. The Morgan fingerprint density at radius 2 is 1.89 bits per heavy atom. The minimum absolute atomic E-state index is 0.00788. The van der Waals surface area contributed by atoms with E-state index in [-0.39, 0.29) is 43.0 Å². The number of hydrogen-bond acceptors (Lipinski definition) is 9. The molecule has 4 heterocycles. The highest BCUT2D eigenvalue weighted by Gasteiger charge is 2.61. The van der Waals surface area contributed by atoms with Crippen LogP contribution in [0.5, 0.6) is 0 Å². The molecule has 12 atom stereocenters. The van der Waals surface area contributed by atoms with Gasteiger partial charge in [-0.25, -0.2) is 4.79 Å². The molecule has 4 aliphatic heterocycles. The number of carbonyl (C=O) groups excluding carboxylic acids is 2. The van der Waals surface area contributed by atoms with E-state index in [0.29, 0.717) is 34.6 Å². The molecule has 286 valence electrons. The number of allylic oxidation sites excluding steroid dienone is 2. The van der Waals surface area contributed by atoms with Gasteiger partial charge >= 0.3 is 11.9 Å². The fourth-order valence-electron chi connectivity index (χ4n) is 8.22. The first kappa shape index (κ1) is 39.4. The second-order valence-electron chi connectivity index (χ2n) is 15.5. The Morgan fingerprint density at radius 3 is 2.64 bits per heavy atom. The zero-order chi connectivity index (χ0) is 38.1. The maximum absolute atomic E-state index is 14.4. The van der Waals surface area contributed by atoms with Crippen molar-refractivity contribution in [3.8, 4) is 0 Å². The molecule has 53 heavy (non-hydrogen) atoms. The molecule has 10 heteroatoms.